The summed E-state index contributed by atoms with van der Waals surface area (Å²) in [6, 6.07) is 10.8. The molecule has 0 heterocycles. The first-order chi connectivity index (χ1) is 12.7. The van der Waals surface area contributed by atoms with Crippen LogP contribution in [-0.2, 0) is 21.5 Å². The van der Waals surface area contributed by atoms with Crippen LogP contribution >= 0.6 is 11.6 Å². The molecule has 0 unspecified atom stereocenters. The van der Waals surface area contributed by atoms with Gasteiger partial charge in [-0.15, -0.1) is 11.6 Å². The summed E-state index contributed by atoms with van der Waals surface area (Å²) in [5.41, 5.74) is 0.820. The number of carbonyl (C=O) groups is 1. The lowest BCUT2D eigenvalue weighted by Crippen LogP contribution is -2.34. The molecule has 0 saturated heterocycles. The standard InChI is InChI=1S/C19H21ClFNO4S/c1-14(2)12-22(19(23)11-20)13-15-3-7-17(8-4-15)26-27(24,25)18-9-5-16(21)6-10-18/h3-10,14H,11-13H2,1-2H3. The highest BCUT2D eigenvalue weighted by Crippen LogP contribution is 2.20. The van der Waals surface area contributed by atoms with Crippen molar-refractivity contribution in [2.45, 2.75) is 25.3 Å². The summed E-state index contributed by atoms with van der Waals surface area (Å²) in [6.07, 6.45) is 0. The van der Waals surface area contributed by atoms with Crippen molar-refractivity contribution in [3.8, 4) is 5.75 Å². The molecule has 27 heavy (non-hydrogen) atoms. The summed E-state index contributed by atoms with van der Waals surface area (Å²) in [7, 11) is -4.05. The highest BCUT2D eigenvalue weighted by Gasteiger charge is 2.17. The van der Waals surface area contributed by atoms with E-state index in [0.29, 0.717) is 19.0 Å². The van der Waals surface area contributed by atoms with Gasteiger partial charge in [0.1, 0.15) is 22.3 Å². The Kier molecular flexibility index (Phi) is 7.21. The van der Waals surface area contributed by atoms with Gasteiger partial charge >= 0.3 is 10.1 Å². The van der Waals surface area contributed by atoms with Gasteiger partial charge in [-0.2, -0.15) is 8.42 Å². The molecule has 0 aromatic heterocycles. The van der Waals surface area contributed by atoms with Crippen molar-refractivity contribution in [1.82, 2.24) is 4.90 Å². The third-order valence-corrected chi connectivity index (χ3v) is 5.15. The molecule has 0 fully saturated rings. The number of rotatable bonds is 8. The lowest BCUT2D eigenvalue weighted by Gasteiger charge is -2.24. The second-order valence-electron chi connectivity index (χ2n) is 6.44. The van der Waals surface area contributed by atoms with E-state index < -0.39 is 15.9 Å². The summed E-state index contributed by atoms with van der Waals surface area (Å²) >= 11 is 5.66. The molecule has 2 aromatic carbocycles. The lowest BCUT2D eigenvalue weighted by atomic mass is 10.1. The third-order valence-electron chi connectivity index (χ3n) is 3.66. The molecule has 0 aliphatic heterocycles. The Morgan fingerprint density at radius 2 is 1.70 bits per heavy atom. The van der Waals surface area contributed by atoms with E-state index in [4.69, 9.17) is 15.8 Å². The summed E-state index contributed by atoms with van der Waals surface area (Å²) in [6.45, 7) is 4.95. The van der Waals surface area contributed by atoms with E-state index in [-0.39, 0.29) is 22.4 Å². The summed E-state index contributed by atoms with van der Waals surface area (Å²) in [4.78, 5) is 13.5. The monoisotopic (exact) mass is 413 g/mol. The Morgan fingerprint density at radius 1 is 1.11 bits per heavy atom. The zero-order valence-electron chi connectivity index (χ0n) is 15.1. The minimum atomic E-state index is -4.05. The SMILES string of the molecule is CC(C)CN(Cc1ccc(OS(=O)(=O)c2ccc(F)cc2)cc1)C(=O)CCl. The van der Waals surface area contributed by atoms with Crippen molar-refractivity contribution in [2.24, 2.45) is 5.92 Å². The average molecular weight is 414 g/mol. The minimum absolute atomic E-state index is 0.0934. The van der Waals surface area contributed by atoms with E-state index in [1.807, 2.05) is 13.8 Å². The van der Waals surface area contributed by atoms with Crippen molar-refractivity contribution in [3.05, 3.63) is 59.9 Å². The maximum absolute atomic E-state index is 12.9. The third kappa shape index (κ3) is 6.22. The number of halogens is 2. The average Bonchev–Trinajstić information content (AvgIpc) is 2.62. The molecule has 0 N–H and O–H groups in total. The fourth-order valence-electron chi connectivity index (χ4n) is 2.43. The second kappa shape index (κ2) is 9.19. The van der Waals surface area contributed by atoms with Crippen molar-refractivity contribution in [2.75, 3.05) is 12.4 Å². The minimum Gasteiger partial charge on any atom is -0.379 e. The Bertz CT molecular complexity index is 868. The molecule has 2 rings (SSSR count). The first-order valence-corrected chi connectivity index (χ1v) is 10.3. The largest absolute Gasteiger partial charge is 0.379 e. The van der Waals surface area contributed by atoms with E-state index >= 15 is 0 Å². The maximum Gasteiger partial charge on any atom is 0.339 e. The van der Waals surface area contributed by atoms with Crippen LogP contribution in [0.4, 0.5) is 4.39 Å². The molecule has 0 aliphatic rings. The number of nitrogens with zero attached hydrogens (tertiary/aromatic N) is 1. The number of carbonyl (C=O) groups excluding carboxylic acids is 1. The molecule has 0 saturated carbocycles. The van der Waals surface area contributed by atoms with Gasteiger partial charge in [0.05, 0.1) is 0 Å². The summed E-state index contributed by atoms with van der Waals surface area (Å²) < 4.78 is 42.4. The number of benzene rings is 2. The Hall–Kier alpha value is -2.12. The van der Waals surface area contributed by atoms with Gasteiger partial charge in [-0.1, -0.05) is 26.0 Å². The molecule has 0 aliphatic carbocycles. The molecule has 0 radical (unpaired) electrons. The molecule has 0 spiro atoms. The van der Waals surface area contributed by atoms with Crippen LogP contribution in [0, 0.1) is 11.7 Å². The highest BCUT2D eigenvalue weighted by atomic mass is 35.5. The van der Waals surface area contributed by atoms with Crippen LogP contribution in [-0.4, -0.2) is 31.6 Å². The van der Waals surface area contributed by atoms with Crippen LogP contribution in [0.3, 0.4) is 0 Å². The van der Waals surface area contributed by atoms with E-state index in [1.165, 1.54) is 12.1 Å². The summed E-state index contributed by atoms with van der Waals surface area (Å²) in [5.74, 6) is -0.368. The fraction of sp³-hybridized carbons (Fsp3) is 0.316. The molecular formula is C19H21ClFNO4S. The fourth-order valence-corrected chi connectivity index (χ4v) is 3.53. The first kappa shape index (κ1) is 21.2. The van der Waals surface area contributed by atoms with Gasteiger partial charge in [0.25, 0.3) is 0 Å². The number of hydrogen-bond donors (Lipinski definition) is 0. The van der Waals surface area contributed by atoms with Gasteiger partial charge < -0.3 is 9.08 Å². The van der Waals surface area contributed by atoms with Crippen LogP contribution in [0.2, 0.25) is 0 Å². The zero-order chi connectivity index (χ0) is 20.0. The van der Waals surface area contributed by atoms with Crippen LogP contribution in [0.5, 0.6) is 5.75 Å². The Balaban J connectivity index is 2.10. The van der Waals surface area contributed by atoms with Crippen molar-refractivity contribution < 1.29 is 21.8 Å². The van der Waals surface area contributed by atoms with Crippen molar-refractivity contribution in [3.63, 3.8) is 0 Å². The number of amides is 1. The maximum atomic E-state index is 12.9. The van der Waals surface area contributed by atoms with E-state index in [0.717, 1.165) is 29.8 Å². The van der Waals surface area contributed by atoms with Gasteiger partial charge in [0.15, 0.2) is 0 Å². The zero-order valence-corrected chi connectivity index (χ0v) is 16.6. The van der Waals surface area contributed by atoms with E-state index in [9.17, 15) is 17.6 Å². The highest BCUT2D eigenvalue weighted by molar-refractivity contribution is 7.87. The van der Waals surface area contributed by atoms with Crippen LogP contribution in [0.25, 0.3) is 0 Å². The second-order valence-corrected chi connectivity index (χ2v) is 8.25. The van der Waals surface area contributed by atoms with Crippen molar-refractivity contribution in [1.29, 1.82) is 0 Å². The smallest absolute Gasteiger partial charge is 0.339 e. The molecule has 2 aromatic rings. The van der Waals surface area contributed by atoms with E-state index in [2.05, 4.69) is 0 Å². The van der Waals surface area contributed by atoms with Gasteiger partial charge in [-0.25, -0.2) is 4.39 Å². The first-order valence-electron chi connectivity index (χ1n) is 8.34. The number of alkyl halides is 1. The molecule has 8 heteroatoms. The normalized spacial score (nSPS) is 11.4. The van der Waals surface area contributed by atoms with Gasteiger partial charge in [-0.3, -0.25) is 4.79 Å². The molecule has 5 nitrogen and oxygen atoms in total. The molecular weight excluding hydrogens is 393 g/mol. The Labute approximate surface area is 163 Å². The van der Waals surface area contributed by atoms with Gasteiger partial charge in [-0.05, 0) is 47.9 Å². The molecule has 0 atom stereocenters. The quantitative estimate of drug-likeness (QED) is 0.487. The molecule has 146 valence electrons. The molecule has 0 bridgehead atoms. The Morgan fingerprint density at radius 3 is 2.22 bits per heavy atom. The van der Waals surface area contributed by atoms with Gasteiger partial charge in [0, 0.05) is 13.1 Å². The lowest BCUT2D eigenvalue weighted by molar-refractivity contribution is -0.129. The van der Waals surface area contributed by atoms with Crippen molar-refractivity contribution >= 4 is 27.6 Å². The van der Waals surface area contributed by atoms with Crippen LogP contribution in [0.15, 0.2) is 53.4 Å². The number of hydrogen-bond acceptors (Lipinski definition) is 4. The van der Waals surface area contributed by atoms with E-state index in [1.54, 1.807) is 17.0 Å². The van der Waals surface area contributed by atoms with Crippen LogP contribution < -0.4 is 4.18 Å². The molecule has 1 amide bonds. The topological polar surface area (TPSA) is 63.7 Å². The van der Waals surface area contributed by atoms with Crippen LogP contribution in [0.1, 0.15) is 19.4 Å². The predicted molar refractivity (Wildman–Crippen MR) is 102 cm³/mol. The predicted octanol–water partition coefficient (Wildman–Crippen LogP) is 3.82. The summed E-state index contributed by atoms with van der Waals surface area (Å²) in [5, 5.41) is 0. The van der Waals surface area contributed by atoms with Gasteiger partial charge in [0.2, 0.25) is 5.91 Å².